The molecule has 1 aliphatic rings. The van der Waals surface area contributed by atoms with Gasteiger partial charge in [0.1, 0.15) is 0 Å². The van der Waals surface area contributed by atoms with E-state index in [0.717, 1.165) is 31.7 Å². The number of rotatable bonds is 7. The number of benzene rings is 2. The molecule has 1 aliphatic heterocycles. The van der Waals surface area contributed by atoms with Crippen molar-refractivity contribution < 1.29 is 14.1 Å². The number of amides is 2. The monoisotopic (exact) mass is 454 g/mol. The molecule has 1 fully saturated rings. The van der Waals surface area contributed by atoms with Crippen molar-refractivity contribution >= 4 is 29.1 Å². The summed E-state index contributed by atoms with van der Waals surface area (Å²) in [6, 6.07) is 13.8. The van der Waals surface area contributed by atoms with E-state index in [0.29, 0.717) is 41.1 Å². The van der Waals surface area contributed by atoms with Gasteiger partial charge in [-0.2, -0.15) is 4.98 Å². The Bertz CT molecular complexity index is 1080. The SMILES string of the molecule is NC(=O)c1ccc(NC(=O)CN2CCN(Cc3nc(-c4ccc(Cl)cc4)no3)CC2)cc1. The molecule has 4 rings (SSSR count). The quantitative estimate of drug-likeness (QED) is 0.562. The first-order valence-electron chi connectivity index (χ1n) is 10.2. The highest BCUT2D eigenvalue weighted by Crippen LogP contribution is 2.19. The van der Waals surface area contributed by atoms with Crippen LogP contribution >= 0.6 is 11.6 Å². The lowest BCUT2D eigenvalue weighted by atomic mass is 10.2. The number of nitrogens with two attached hydrogens (primary N) is 1. The van der Waals surface area contributed by atoms with Crippen molar-refractivity contribution in [3.05, 3.63) is 65.0 Å². The lowest BCUT2D eigenvalue weighted by molar-refractivity contribution is -0.117. The zero-order chi connectivity index (χ0) is 22.5. The number of halogens is 1. The van der Waals surface area contributed by atoms with Crippen LogP contribution in [-0.2, 0) is 11.3 Å². The molecule has 0 saturated carbocycles. The molecule has 0 atom stereocenters. The van der Waals surface area contributed by atoms with E-state index < -0.39 is 5.91 Å². The number of hydrogen-bond acceptors (Lipinski definition) is 7. The second-order valence-corrected chi connectivity index (χ2v) is 8.00. The molecular formula is C22H23ClN6O3. The summed E-state index contributed by atoms with van der Waals surface area (Å²) < 4.78 is 5.39. The van der Waals surface area contributed by atoms with Crippen molar-refractivity contribution in [1.29, 1.82) is 0 Å². The van der Waals surface area contributed by atoms with Gasteiger partial charge in [-0.1, -0.05) is 16.8 Å². The minimum Gasteiger partial charge on any atom is -0.366 e. The maximum atomic E-state index is 12.3. The van der Waals surface area contributed by atoms with Crippen LogP contribution in [0.25, 0.3) is 11.4 Å². The van der Waals surface area contributed by atoms with Gasteiger partial charge < -0.3 is 15.6 Å². The van der Waals surface area contributed by atoms with Crippen LogP contribution in [0.15, 0.2) is 53.1 Å². The summed E-state index contributed by atoms with van der Waals surface area (Å²) in [5, 5.41) is 7.54. The second-order valence-electron chi connectivity index (χ2n) is 7.56. The molecule has 32 heavy (non-hydrogen) atoms. The van der Waals surface area contributed by atoms with Crippen molar-refractivity contribution in [1.82, 2.24) is 19.9 Å². The van der Waals surface area contributed by atoms with Crippen molar-refractivity contribution in [2.24, 2.45) is 5.73 Å². The summed E-state index contributed by atoms with van der Waals surface area (Å²) in [5.41, 5.74) is 7.11. The van der Waals surface area contributed by atoms with Gasteiger partial charge in [0.15, 0.2) is 0 Å². The summed E-state index contributed by atoms with van der Waals surface area (Å²) >= 11 is 5.92. The molecule has 9 nitrogen and oxygen atoms in total. The molecule has 0 unspecified atom stereocenters. The minimum atomic E-state index is -0.498. The van der Waals surface area contributed by atoms with Crippen molar-refractivity contribution in [2.75, 3.05) is 38.0 Å². The average Bonchev–Trinajstić information content (AvgIpc) is 3.24. The third kappa shape index (κ3) is 5.70. The Morgan fingerprint density at radius 2 is 1.66 bits per heavy atom. The molecule has 1 saturated heterocycles. The first kappa shape index (κ1) is 21.9. The molecule has 2 amide bonds. The smallest absolute Gasteiger partial charge is 0.248 e. The predicted molar refractivity (Wildman–Crippen MR) is 120 cm³/mol. The fraction of sp³-hybridized carbons (Fsp3) is 0.273. The number of hydrogen-bond donors (Lipinski definition) is 2. The maximum absolute atomic E-state index is 12.3. The molecule has 10 heteroatoms. The Hall–Kier alpha value is -3.27. The Labute approximate surface area is 190 Å². The first-order chi connectivity index (χ1) is 15.5. The van der Waals surface area contributed by atoms with Crippen LogP contribution in [0.3, 0.4) is 0 Å². The van der Waals surface area contributed by atoms with Crippen LogP contribution < -0.4 is 11.1 Å². The molecule has 3 N–H and O–H groups in total. The predicted octanol–water partition coefficient (Wildman–Crippen LogP) is 2.25. The summed E-state index contributed by atoms with van der Waals surface area (Å²) in [4.78, 5) is 32.2. The number of anilines is 1. The topological polar surface area (TPSA) is 118 Å². The van der Waals surface area contributed by atoms with E-state index in [1.165, 1.54) is 0 Å². The molecule has 0 bridgehead atoms. The van der Waals surface area contributed by atoms with Gasteiger partial charge in [0.25, 0.3) is 0 Å². The molecule has 0 radical (unpaired) electrons. The fourth-order valence-corrected chi connectivity index (χ4v) is 3.58. The van der Waals surface area contributed by atoms with Crippen LogP contribution in [-0.4, -0.2) is 64.5 Å². The molecule has 166 valence electrons. The maximum Gasteiger partial charge on any atom is 0.248 e. The van der Waals surface area contributed by atoms with Crippen LogP contribution in [0.4, 0.5) is 5.69 Å². The van der Waals surface area contributed by atoms with Crippen LogP contribution in [0.1, 0.15) is 16.2 Å². The minimum absolute atomic E-state index is 0.102. The number of carbonyl (C=O) groups is 2. The highest BCUT2D eigenvalue weighted by Gasteiger charge is 2.21. The van der Waals surface area contributed by atoms with E-state index in [1.54, 1.807) is 36.4 Å². The molecule has 1 aromatic heterocycles. The first-order valence-corrected chi connectivity index (χ1v) is 10.6. The largest absolute Gasteiger partial charge is 0.366 e. The van der Waals surface area contributed by atoms with Gasteiger partial charge in [-0.15, -0.1) is 0 Å². The summed E-state index contributed by atoms with van der Waals surface area (Å²) in [6.45, 7) is 3.95. The van der Waals surface area contributed by atoms with E-state index in [9.17, 15) is 9.59 Å². The van der Waals surface area contributed by atoms with Crippen molar-refractivity contribution in [3.63, 3.8) is 0 Å². The standard InChI is InChI=1S/C22H23ClN6O3/c23-17-5-1-16(2-6-17)22-26-20(32-27-22)14-29-11-9-28(10-12-29)13-19(30)25-18-7-3-15(4-8-18)21(24)31/h1-8H,9-14H2,(H2,24,31)(H,25,30). The zero-order valence-corrected chi connectivity index (χ0v) is 18.1. The molecule has 2 heterocycles. The Kier molecular flexibility index (Phi) is 6.79. The summed E-state index contributed by atoms with van der Waals surface area (Å²) in [6.07, 6.45) is 0. The number of primary amides is 1. The lowest BCUT2D eigenvalue weighted by Gasteiger charge is -2.33. The van der Waals surface area contributed by atoms with E-state index in [1.807, 2.05) is 12.1 Å². The van der Waals surface area contributed by atoms with Gasteiger partial charge in [0.05, 0.1) is 13.1 Å². The third-order valence-electron chi connectivity index (χ3n) is 5.21. The number of nitrogens with one attached hydrogen (secondary N) is 1. The van der Waals surface area contributed by atoms with Crippen molar-refractivity contribution in [2.45, 2.75) is 6.54 Å². The number of piperazine rings is 1. The average molecular weight is 455 g/mol. The normalized spacial score (nSPS) is 14.9. The third-order valence-corrected chi connectivity index (χ3v) is 5.47. The zero-order valence-electron chi connectivity index (χ0n) is 17.3. The highest BCUT2D eigenvalue weighted by molar-refractivity contribution is 6.30. The number of aromatic nitrogens is 2. The van der Waals surface area contributed by atoms with Crippen LogP contribution in [0.5, 0.6) is 0 Å². The van der Waals surface area contributed by atoms with Crippen LogP contribution in [0, 0.1) is 0 Å². The Morgan fingerprint density at radius 1 is 1.00 bits per heavy atom. The van der Waals surface area contributed by atoms with Gasteiger partial charge in [-0.25, -0.2) is 0 Å². The summed E-state index contributed by atoms with van der Waals surface area (Å²) in [5.74, 6) is 0.494. The fourth-order valence-electron chi connectivity index (χ4n) is 3.45. The lowest BCUT2D eigenvalue weighted by Crippen LogP contribution is -2.48. The van der Waals surface area contributed by atoms with Gasteiger partial charge in [0.2, 0.25) is 23.5 Å². The number of nitrogens with zero attached hydrogens (tertiary/aromatic N) is 4. The van der Waals surface area contributed by atoms with Crippen LogP contribution in [0.2, 0.25) is 5.02 Å². The highest BCUT2D eigenvalue weighted by atomic mass is 35.5. The van der Waals surface area contributed by atoms with E-state index in [-0.39, 0.29) is 5.91 Å². The molecule has 3 aromatic rings. The molecule has 0 aliphatic carbocycles. The molecular weight excluding hydrogens is 432 g/mol. The second kappa shape index (κ2) is 9.90. The number of carbonyl (C=O) groups excluding carboxylic acids is 2. The van der Waals surface area contributed by atoms with E-state index in [4.69, 9.17) is 21.9 Å². The Balaban J connectivity index is 1.22. The van der Waals surface area contributed by atoms with E-state index >= 15 is 0 Å². The molecule has 2 aromatic carbocycles. The summed E-state index contributed by atoms with van der Waals surface area (Å²) in [7, 11) is 0. The molecule has 0 spiro atoms. The Morgan fingerprint density at radius 3 is 2.31 bits per heavy atom. The van der Waals surface area contributed by atoms with Gasteiger partial charge in [0, 0.05) is 48.0 Å². The van der Waals surface area contributed by atoms with Crippen molar-refractivity contribution in [3.8, 4) is 11.4 Å². The van der Waals surface area contributed by atoms with Gasteiger partial charge >= 0.3 is 0 Å². The van der Waals surface area contributed by atoms with Gasteiger partial charge in [-0.05, 0) is 48.5 Å². The van der Waals surface area contributed by atoms with E-state index in [2.05, 4.69) is 25.3 Å². The van der Waals surface area contributed by atoms with Gasteiger partial charge in [-0.3, -0.25) is 19.4 Å².